The maximum atomic E-state index is 12.6. The predicted molar refractivity (Wildman–Crippen MR) is 109 cm³/mol. The minimum absolute atomic E-state index is 0.0148. The van der Waals surface area contributed by atoms with E-state index < -0.39 is 0 Å². The number of aromatic nitrogens is 4. The second kappa shape index (κ2) is 8.60. The van der Waals surface area contributed by atoms with Crippen molar-refractivity contribution < 1.29 is 14.3 Å². The van der Waals surface area contributed by atoms with Gasteiger partial charge in [0.2, 0.25) is 0 Å². The minimum atomic E-state index is 0.0148. The predicted octanol–water partition coefficient (Wildman–Crippen LogP) is 2.83. The number of rotatable bonds is 7. The molecule has 1 aliphatic rings. The first kappa shape index (κ1) is 19.4. The van der Waals surface area contributed by atoms with Gasteiger partial charge in [0.15, 0.2) is 11.5 Å². The number of carbonyl (C=O) groups excluding carboxylic acids is 1. The normalized spacial score (nSPS) is 16.2. The molecule has 152 valence electrons. The molecule has 1 N–H and O–H groups in total. The Labute approximate surface area is 173 Å². The molecule has 9 heteroatoms. The Morgan fingerprint density at radius 2 is 2.17 bits per heavy atom. The van der Waals surface area contributed by atoms with Gasteiger partial charge in [0.05, 0.1) is 25.1 Å². The highest BCUT2D eigenvalue weighted by Crippen LogP contribution is 2.29. The molecule has 2 aromatic heterocycles. The van der Waals surface area contributed by atoms with Gasteiger partial charge in [-0.2, -0.15) is 5.10 Å². The second-order valence-electron chi connectivity index (χ2n) is 6.99. The average Bonchev–Trinajstić information content (AvgIpc) is 3.48. The van der Waals surface area contributed by atoms with Crippen molar-refractivity contribution in [2.24, 2.45) is 0 Å². The Hall–Kier alpha value is -2.94. The van der Waals surface area contributed by atoms with E-state index in [1.807, 2.05) is 36.1 Å². The molecule has 4 rings (SSSR count). The molecule has 0 aliphatic carbocycles. The molecule has 8 nitrogen and oxygen atoms in total. The molecule has 0 saturated carbocycles. The Morgan fingerprint density at radius 1 is 1.34 bits per heavy atom. The molecular formula is C20H23N5O3S. The van der Waals surface area contributed by atoms with Crippen LogP contribution in [0.2, 0.25) is 0 Å². The van der Waals surface area contributed by atoms with Crippen molar-refractivity contribution in [3.8, 4) is 11.5 Å². The van der Waals surface area contributed by atoms with Crippen LogP contribution in [0.15, 0.2) is 30.3 Å². The summed E-state index contributed by atoms with van der Waals surface area (Å²) in [5, 5.41) is 11.5. The minimum Gasteiger partial charge on any atom is -0.493 e. The number of aryl methyl sites for hydroxylation is 1. The lowest BCUT2D eigenvalue weighted by atomic mass is 10.0. The Bertz CT molecular complexity index is 986. The van der Waals surface area contributed by atoms with Crippen molar-refractivity contribution in [1.82, 2.24) is 24.7 Å². The molecule has 3 heterocycles. The fourth-order valence-corrected chi connectivity index (χ4v) is 4.11. The van der Waals surface area contributed by atoms with Gasteiger partial charge in [0.1, 0.15) is 4.88 Å². The summed E-state index contributed by atoms with van der Waals surface area (Å²) in [5.41, 5.74) is 2.70. The van der Waals surface area contributed by atoms with E-state index >= 15 is 0 Å². The largest absolute Gasteiger partial charge is 0.493 e. The summed E-state index contributed by atoms with van der Waals surface area (Å²) in [5.74, 6) is 1.70. The van der Waals surface area contributed by atoms with Crippen LogP contribution in [0.3, 0.4) is 0 Å². The second-order valence-corrected chi connectivity index (χ2v) is 7.75. The van der Waals surface area contributed by atoms with Gasteiger partial charge in [0, 0.05) is 31.1 Å². The van der Waals surface area contributed by atoms with Crippen molar-refractivity contribution in [2.75, 3.05) is 26.8 Å². The van der Waals surface area contributed by atoms with Gasteiger partial charge in [-0.05, 0) is 43.1 Å². The maximum Gasteiger partial charge on any atom is 0.267 e. The summed E-state index contributed by atoms with van der Waals surface area (Å²) in [7, 11) is 1.63. The third kappa shape index (κ3) is 4.24. The first-order valence-electron chi connectivity index (χ1n) is 9.54. The van der Waals surface area contributed by atoms with E-state index in [-0.39, 0.29) is 11.8 Å². The quantitative estimate of drug-likeness (QED) is 0.640. The van der Waals surface area contributed by atoms with Crippen molar-refractivity contribution in [3.63, 3.8) is 0 Å². The zero-order valence-electron chi connectivity index (χ0n) is 16.4. The standard InChI is InChI=1S/C20H23N5O3S/c1-13-19(29-24-21-13)20(26)25-9-7-14(12-25)16-11-15(22-23-16)8-10-28-18-6-4-3-5-17(18)27-2/h3-6,11,14H,7-10,12H2,1-2H3,(H,22,23)/t14-/m0/s1. The van der Waals surface area contributed by atoms with E-state index in [0.29, 0.717) is 30.1 Å². The van der Waals surface area contributed by atoms with Gasteiger partial charge in [-0.3, -0.25) is 9.89 Å². The highest BCUT2D eigenvalue weighted by molar-refractivity contribution is 7.07. The Kier molecular flexibility index (Phi) is 5.75. The van der Waals surface area contributed by atoms with E-state index in [2.05, 4.69) is 25.9 Å². The van der Waals surface area contributed by atoms with Crippen molar-refractivity contribution in [1.29, 1.82) is 0 Å². The number of H-pyrrole nitrogens is 1. The average molecular weight is 414 g/mol. The van der Waals surface area contributed by atoms with Gasteiger partial charge in [-0.15, -0.1) is 5.10 Å². The van der Waals surface area contributed by atoms with Gasteiger partial charge in [-0.1, -0.05) is 16.6 Å². The molecule has 0 radical (unpaired) electrons. The topological polar surface area (TPSA) is 93.2 Å². The molecule has 0 bridgehead atoms. The van der Waals surface area contributed by atoms with Crippen LogP contribution >= 0.6 is 11.5 Å². The van der Waals surface area contributed by atoms with E-state index in [9.17, 15) is 4.79 Å². The van der Waals surface area contributed by atoms with E-state index in [1.165, 1.54) is 0 Å². The number of amides is 1. The number of likely N-dealkylation sites (tertiary alicyclic amines) is 1. The summed E-state index contributed by atoms with van der Waals surface area (Å²) < 4.78 is 15.0. The number of methoxy groups -OCH3 is 1. The van der Waals surface area contributed by atoms with Crippen molar-refractivity contribution >= 4 is 17.4 Å². The smallest absolute Gasteiger partial charge is 0.267 e. The van der Waals surface area contributed by atoms with Crippen LogP contribution in [-0.2, 0) is 6.42 Å². The molecule has 1 saturated heterocycles. The number of benzene rings is 1. The number of para-hydroxylation sites is 2. The fraction of sp³-hybridized carbons (Fsp3) is 0.400. The van der Waals surface area contributed by atoms with E-state index in [1.54, 1.807) is 7.11 Å². The summed E-state index contributed by atoms with van der Waals surface area (Å²) in [6.07, 6.45) is 1.62. The lowest BCUT2D eigenvalue weighted by Gasteiger charge is -2.14. The lowest BCUT2D eigenvalue weighted by molar-refractivity contribution is 0.0794. The Morgan fingerprint density at radius 3 is 2.93 bits per heavy atom. The number of carbonyl (C=O) groups is 1. The van der Waals surface area contributed by atoms with E-state index in [0.717, 1.165) is 47.4 Å². The third-order valence-corrected chi connectivity index (χ3v) is 5.90. The molecule has 3 aromatic rings. The molecule has 1 atom stereocenters. The SMILES string of the molecule is COc1ccccc1OCCc1cc([C@H]2CCN(C(=O)c3snnc3C)C2)n[nH]1. The highest BCUT2D eigenvalue weighted by atomic mass is 32.1. The first-order chi connectivity index (χ1) is 14.2. The third-order valence-electron chi connectivity index (χ3n) is 5.09. The van der Waals surface area contributed by atoms with Crippen LogP contribution < -0.4 is 9.47 Å². The Balaban J connectivity index is 1.31. The summed E-state index contributed by atoms with van der Waals surface area (Å²) >= 11 is 1.16. The van der Waals surface area contributed by atoms with Gasteiger partial charge < -0.3 is 14.4 Å². The molecule has 1 aliphatic heterocycles. The number of nitrogens with zero attached hydrogens (tertiary/aromatic N) is 4. The number of hydrogen-bond acceptors (Lipinski definition) is 7. The maximum absolute atomic E-state index is 12.6. The monoisotopic (exact) mass is 413 g/mol. The fourth-order valence-electron chi connectivity index (χ4n) is 3.48. The number of ether oxygens (including phenoxy) is 2. The van der Waals surface area contributed by atoms with Crippen molar-refractivity contribution in [3.05, 3.63) is 52.3 Å². The first-order valence-corrected chi connectivity index (χ1v) is 10.3. The molecular weight excluding hydrogens is 390 g/mol. The van der Waals surface area contributed by atoms with Crippen LogP contribution in [0, 0.1) is 6.92 Å². The number of nitrogens with one attached hydrogen (secondary N) is 1. The summed E-state index contributed by atoms with van der Waals surface area (Å²) in [4.78, 5) is 15.1. The number of aromatic amines is 1. The highest BCUT2D eigenvalue weighted by Gasteiger charge is 2.31. The van der Waals surface area contributed by atoms with Crippen LogP contribution in [-0.4, -0.2) is 57.4 Å². The zero-order chi connectivity index (χ0) is 20.2. The van der Waals surface area contributed by atoms with E-state index in [4.69, 9.17) is 9.47 Å². The number of hydrogen-bond donors (Lipinski definition) is 1. The van der Waals surface area contributed by atoms with Crippen molar-refractivity contribution in [2.45, 2.75) is 25.7 Å². The molecule has 0 unspecified atom stereocenters. The zero-order valence-corrected chi connectivity index (χ0v) is 17.2. The summed E-state index contributed by atoms with van der Waals surface area (Å²) in [6, 6.07) is 9.67. The molecule has 1 amide bonds. The van der Waals surface area contributed by atoms with Crippen LogP contribution in [0.25, 0.3) is 0 Å². The molecule has 1 fully saturated rings. The molecule has 0 spiro atoms. The van der Waals surface area contributed by atoms with Crippen LogP contribution in [0.5, 0.6) is 11.5 Å². The van der Waals surface area contributed by atoms with Crippen LogP contribution in [0.1, 0.15) is 39.1 Å². The molecule has 29 heavy (non-hydrogen) atoms. The molecule has 1 aromatic carbocycles. The van der Waals surface area contributed by atoms with Gasteiger partial charge >= 0.3 is 0 Å². The lowest BCUT2D eigenvalue weighted by Crippen LogP contribution is -2.28. The van der Waals surface area contributed by atoms with Crippen LogP contribution in [0.4, 0.5) is 0 Å². The van der Waals surface area contributed by atoms with Gasteiger partial charge in [-0.25, -0.2) is 0 Å². The van der Waals surface area contributed by atoms with Gasteiger partial charge in [0.25, 0.3) is 5.91 Å². The summed E-state index contributed by atoms with van der Waals surface area (Å²) in [6.45, 7) is 3.73.